The summed E-state index contributed by atoms with van der Waals surface area (Å²) in [5, 5.41) is 0. The summed E-state index contributed by atoms with van der Waals surface area (Å²) in [7, 11) is 1.37. The Kier molecular flexibility index (Phi) is 7.28. The SMILES string of the molecule is CCCN(Cc1ccc(SC)cc1)Cc1cccc(C(=O)OC)n1. The van der Waals surface area contributed by atoms with Gasteiger partial charge in [-0.1, -0.05) is 25.1 Å². The lowest BCUT2D eigenvalue weighted by molar-refractivity contribution is 0.0593. The molecule has 4 nitrogen and oxygen atoms in total. The van der Waals surface area contributed by atoms with Crippen molar-refractivity contribution in [3.63, 3.8) is 0 Å². The number of ether oxygens (including phenoxy) is 1. The Morgan fingerprint density at radius 3 is 2.54 bits per heavy atom. The molecule has 1 aromatic heterocycles. The summed E-state index contributed by atoms with van der Waals surface area (Å²) in [5.41, 5.74) is 2.52. The van der Waals surface area contributed by atoms with Crippen LogP contribution in [0.15, 0.2) is 47.4 Å². The maximum absolute atomic E-state index is 11.6. The van der Waals surface area contributed by atoms with E-state index in [9.17, 15) is 4.79 Å². The van der Waals surface area contributed by atoms with E-state index < -0.39 is 5.97 Å². The predicted molar refractivity (Wildman–Crippen MR) is 98.2 cm³/mol. The monoisotopic (exact) mass is 344 g/mol. The lowest BCUT2D eigenvalue weighted by Crippen LogP contribution is -2.24. The Morgan fingerprint density at radius 2 is 1.92 bits per heavy atom. The molecule has 128 valence electrons. The second kappa shape index (κ2) is 9.45. The van der Waals surface area contributed by atoms with Gasteiger partial charge in [0.2, 0.25) is 0 Å². The van der Waals surface area contributed by atoms with Gasteiger partial charge in [0.1, 0.15) is 5.69 Å². The first-order valence-electron chi connectivity index (χ1n) is 8.05. The average molecular weight is 344 g/mol. The van der Waals surface area contributed by atoms with Gasteiger partial charge in [0, 0.05) is 18.0 Å². The molecule has 24 heavy (non-hydrogen) atoms. The van der Waals surface area contributed by atoms with Gasteiger partial charge in [-0.25, -0.2) is 9.78 Å². The highest BCUT2D eigenvalue weighted by atomic mass is 32.2. The number of methoxy groups -OCH3 is 1. The van der Waals surface area contributed by atoms with Crippen molar-refractivity contribution >= 4 is 17.7 Å². The summed E-state index contributed by atoms with van der Waals surface area (Å²) in [4.78, 5) is 19.7. The molecule has 0 radical (unpaired) electrons. The van der Waals surface area contributed by atoms with Crippen molar-refractivity contribution in [2.75, 3.05) is 19.9 Å². The number of carbonyl (C=O) groups excluding carboxylic acids is 1. The van der Waals surface area contributed by atoms with Crippen LogP contribution in [0.1, 0.15) is 35.1 Å². The van der Waals surface area contributed by atoms with Crippen LogP contribution >= 0.6 is 11.8 Å². The van der Waals surface area contributed by atoms with Crippen LogP contribution in [-0.4, -0.2) is 35.8 Å². The molecule has 5 heteroatoms. The fraction of sp³-hybridized carbons (Fsp3) is 0.368. The van der Waals surface area contributed by atoms with Gasteiger partial charge in [0.05, 0.1) is 12.8 Å². The maximum Gasteiger partial charge on any atom is 0.356 e. The van der Waals surface area contributed by atoms with Crippen molar-refractivity contribution < 1.29 is 9.53 Å². The summed E-state index contributed by atoms with van der Waals surface area (Å²) < 4.78 is 4.74. The molecule has 0 amide bonds. The molecule has 0 aliphatic rings. The minimum Gasteiger partial charge on any atom is -0.464 e. The summed E-state index contributed by atoms with van der Waals surface area (Å²) >= 11 is 1.75. The molecule has 0 aliphatic carbocycles. The molecule has 0 fully saturated rings. The molecule has 0 saturated heterocycles. The molecule has 1 heterocycles. The first-order valence-corrected chi connectivity index (χ1v) is 9.28. The zero-order valence-electron chi connectivity index (χ0n) is 14.5. The topological polar surface area (TPSA) is 42.4 Å². The Labute approximate surface area is 148 Å². The highest BCUT2D eigenvalue weighted by Gasteiger charge is 2.11. The number of hydrogen-bond donors (Lipinski definition) is 0. The predicted octanol–water partition coefficient (Wildman–Crippen LogP) is 4.00. The second-order valence-electron chi connectivity index (χ2n) is 5.56. The Morgan fingerprint density at radius 1 is 1.17 bits per heavy atom. The van der Waals surface area contributed by atoms with Gasteiger partial charge >= 0.3 is 5.97 Å². The summed E-state index contributed by atoms with van der Waals surface area (Å²) in [6.45, 7) is 4.73. The number of esters is 1. The number of pyridine rings is 1. The molecular formula is C19H24N2O2S. The van der Waals surface area contributed by atoms with Gasteiger partial charge in [0.25, 0.3) is 0 Å². The molecule has 0 unspecified atom stereocenters. The van der Waals surface area contributed by atoms with Crippen LogP contribution < -0.4 is 0 Å². The molecule has 0 saturated carbocycles. The van der Waals surface area contributed by atoms with Crippen molar-refractivity contribution in [1.29, 1.82) is 0 Å². The Bertz CT molecular complexity index is 659. The van der Waals surface area contributed by atoms with E-state index in [1.807, 2.05) is 12.1 Å². The van der Waals surface area contributed by atoms with E-state index in [1.165, 1.54) is 17.6 Å². The van der Waals surface area contributed by atoms with E-state index in [2.05, 4.69) is 47.3 Å². The summed E-state index contributed by atoms with van der Waals surface area (Å²) in [6, 6.07) is 14.1. The van der Waals surface area contributed by atoms with E-state index in [4.69, 9.17) is 4.74 Å². The van der Waals surface area contributed by atoms with Crippen LogP contribution in [-0.2, 0) is 17.8 Å². The van der Waals surface area contributed by atoms with E-state index >= 15 is 0 Å². The van der Waals surface area contributed by atoms with Gasteiger partial charge in [-0.3, -0.25) is 4.90 Å². The van der Waals surface area contributed by atoms with Crippen LogP contribution in [0.2, 0.25) is 0 Å². The lowest BCUT2D eigenvalue weighted by atomic mass is 10.2. The van der Waals surface area contributed by atoms with Crippen LogP contribution in [0, 0.1) is 0 Å². The van der Waals surface area contributed by atoms with Crippen LogP contribution in [0.5, 0.6) is 0 Å². The standard InChI is InChI=1S/C19H24N2O2S/c1-4-12-21(13-15-8-10-17(24-3)11-9-15)14-16-6-5-7-18(20-16)19(22)23-2/h5-11H,4,12-14H2,1-3H3. The summed E-state index contributed by atoms with van der Waals surface area (Å²) in [6.07, 6.45) is 3.15. The zero-order chi connectivity index (χ0) is 17.4. The zero-order valence-corrected chi connectivity index (χ0v) is 15.3. The van der Waals surface area contributed by atoms with E-state index in [-0.39, 0.29) is 0 Å². The molecule has 0 spiro atoms. The highest BCUT2D eigenvalue weighted by molar-refractivity contribution is 7.98. The number of hydrogen-bond acceptors (Lipinski definition) is 5. The van der Waals surface area contributed by atoms with Gasteiger partial charge < -0.3 is 4.74 Å². The Balaban J connectivity index is 2.08. The average Bonchev–Trinajstić information content (AvgIpc) is 2.62. The molecular weight excluding hydrogens is 320 g/mol. The molecule has 0 aliphatic heterocycles. The van der Waals surface area contributed by atoms with E-state index in [0.717, 1.165) is 25.2 Å². The Hall–Kier alpha value is -1.85. The van der Waals surface area contributed by atoms with Crippen molar-refractivity contribution in [2.24, 2.45) is 0 Å². The number of carbonyl (C=O) groups is 1. The van der Waals surface area contributed by atoms with Crippen LogP contribution in [0.25, 0.3) is 0 Å². The van der Waals surface area contributed by atoms with Crippen LogP contribution in [0.3, 0.4) is 0 Å². The highest BCUT2D eigenvalue weighted by Crippen LogP contribution is 2.17. The van der Waals surface area contributed by atoms with E-state index in [0.29, 0.717) is 12.2 Å². The first kappa shape index (κ1) is 18.5. The third-order valence-corrected chi connectivity index (χ3v) is 4.44. The number of benzene rings is 1. The maximum atomic E-state index is 11.6. The van der Waals surface area contributed by atoms with Gasteiger partial charge in [0.15, 0.2) is 0 Å². The van der Waals surface area contributed by atoms with Crippen molar-refractivity contribution in [2.45, 2.75) is 31.3 Å². The third-order valence-electron chi connectivity index (χ3n) is 3.69. The largest absolute Gasteiger partial charge is 0.464 e. The number of thioether (sulfide) groups is 1. The number of nitrogens with zero attached hydrogens (tertiary/aromatic N) is 2. The first-order chi connectivity index (χ1) is 11.7. The molecule has 0 N–H and O–H groups in total. The fourth-order valence-electron chi connectivity index (χ4n) is 2.53. The summed E-state index contributed by atoms with van der Waals surface area (Å²) in [5.74, 6) is -0.397. The van der Waals surface area contributed by atoms with Crippen molar-refractivity contribution in [3.05, 3.63) is 59.4 Å². The minimum atomic E-state index is -0.397. The number of aromatic nitrogens is 1. The molecule has 1 aromatic carbocycles. The third kappa shape index (κ3) is 5.35. The van der Waals surface area contributed by atoms with Gasteiger partial charge in [-0.15, -0.1) is 11.8 Å². The van der Waals surface area contributed by atoms with Gasteiger partial charge in [-0.2, -0.15) is 0 Å². The smallest absolute Gasteiger partial charge is 0.356 e. The lowest BCUT2D eigenvalue weighted by Gasteiger charge is -2.21. The molecule has 0 bridgehead atoms. The van der Waals surface area contributed by atoms with Gasteiger partial charge in [-0.05, 0) is 49.1 Å². The minimum absolute atomic E-state index is 0.357. The second-order valence-corrected chi connectivity index (χ2v) is 6.44. The molecule has 2 aromatic rings. The fourth-order valence-corrected chi connectivity index (χ4v) is 2.94. The van der Waals surface area contributed by atoms with E-state index in [1.54, 1.807) is 17.8 Å². The number of rotatable bonds is 8. The van der Waals surface area contributed by atoms with Crippen molar-refractivity contribution in [3.8, 4) is 0 Å². The molecule has 0 atom stereocenters. The molecule has 2 rings (SSSR count). The quantitative estimate of drug-likeness (QED) is 0.535. The van der Waals surface area contributed by atoms with Crippen molar-refractivity contribution in [1.82, 2.24) is 9.88 Å². The normalized spacial score (nSPS) is 10.8. The van der Waals surface area contributed by atoms with Crippen LogP contribution in [0.4, 0.5) is 0 Å².